The molecule has 0 aliphatic carbocycles. The van der Waals surface area contributed by atoms with Gasteiger partial charge in [0.25, 0.3) is 0 Å². The predicted octanol–water partition coefficient (Wildman–Crippen LogP) is 4.23. The molecule has 140 valence electrons. The Bertz CT molecular complexity index is 944. The topological polar surface area (TPSA) is 72.5 Å². The maximum absolute atomic E-state index is 9.97. The van der Waals surface area contributed by atoms with Crippen LogP contribution in [0, 0.1) is 0 Å². The number of rotatable bonds is 7. The van der Waals surface area contributed by atoms with Crippen molar-refractivity contribution in [1.82, 2.24) is 14.9 Å². The van der Waals surface area contributed by atoms with Crippen molar-refractivity contribution in [1.29, 1.82) is 0 Å². The van der Waals surface area contributed by atoms with Crippen LogP contribution in [0.2, 0.25) is 5.02 Å². The first-order chi connectivity index (χ1) is 13.1. The summed E-state index contributed by atoms with van der Waals surface area (Å²) in [5, 5.41) is 23.8. The van der Waals surface area contributed by atoms with Crippen molar-refractivity contribution in [3.8, 4) is 11.5 Å². The summed E-state index contributed by atoms with van der Waals surface area (Å²) in [6.45, 7) is 2.26. The van der Waals surface area contributed by atoms with Gasteiger partial charge in [0.05, 0.1) is 17.8 Å². The number of thioether (sulfide) groups is 1. The highest BCUT2D eigenvalue weighted by Crippen LogP contribution is 2.34. The third kappa shape index (κ3) is 4.61. The monoisotopic (exact) mass is 402 g/mol. The van der Waals surface area contributed by atoms with E-state index in [0.717, 1.165) is 11.4 Å². The third-order valence-electron chi connectivity index (χ3n) is 3.74. The number of aromatic nitrogens is 3. The summed E-state index contributed by atoms with van der Waals surface area (Å²) in [4.78, 5) is 0. The molecule has 8 heteroatoms. The maximum atomic E-state index is 9.97. The number of benzene rings is 2. The lowest BCUT2D eigenvalue weighted by molar-refractivity contribution is 0.318. The van der Waals surface area contributed by atoms with Crippen molar-refractivity contribution in [2.24, 2.45) is 5.10 Å². The zero-order chi connectivity index (χ0) is 19.2. The van der Waals surface area contributed by atoms with Gasteiger partial charge in [0.1, 0.15) is 0 Å². The summed E-state index contributed by atoms with van der Waals surface area (Å²) in [6.07, 6.45) is 4.19. The van der Waals surface area contributed by atoms with Gasteiger partial charge in [-0.25, -0.2) is 0 Å². The van der Waals surface area contributed by atoms with Crippen LogP contribution in [0.5, 0.6) is 11.5 Å². The second kappa shape index (κ2) is 8.92. The first kappa shape index (κ1) is 19.3. The highest BCUT2D eigenvalue weighted by Gasteiger charge is 2.12. The number of ether oxygens (including phenoxy) is 1. The van der Waals surface area contributed by atoms with Gasteiger partial charge in [-0.2, -0.15) is 9.78 Å². The molecule has 1 aromatic heterocycles. The zero-order valence-electron chi connectivity index (χ0n) is 15.0. The Labute approximate surface area is 166 Å². The first-order valence-electron chi connectivity index (χ1n) is 8.34. The number of phenols is 1. The van der Waals surface area contributed by atoms with Crippen molar-refractivity contribution >= 4 is 29.6 Å². The Kier molecular flexibility index (Phi) is 6.36. The minimum atomic E-state index is -0.0745. The highest BCUT2D eigenvalue weighted by atomic mass is 35.5. The van der Waals surface area contributed by atoms with Crippen molar-refractivity contribution in [2.45, 2.75) is 18.5 Å². The molecule has 0 bridgehead atoms. The molecule has 0 saturated heterocycles. The molecule has 0 aliphatic rings. The lowest BCUT2D eigenvalue weighted by Crippen LogP contribution is -2.01. The second-order valence-corrected chi connectivity index (χ2v) is 6.78. The lowest BCUT2D eigenvalue weighted by atomic mass is 10.1. The first-order valence-corrected chi connectivity index (χ1v) is 9.94. The van der Waals surface area contributed by atoms with Gasteiger partial charge < -0.3 is 9.84 Å². The van der Waals surface area contributed by atoms with Crippen molar-refractivity contribution in [2.75, 3.05) is 12.9 Å². The molecule has 3 rings (SSSR count). The molecule has 0 amide bonds. The van der Waals surface area contributed by atoms with Crippen LogP contribution in [-0.2, 0) is 6.42 Å². The quantitative estimate of drug-likeness (QED) is 0.473. The summed E-state index contributed by atoms with van der Waals surface area (Å²) < 4.78 is 7.12. The summed E-state index contributed by atoms with van der Waals surface area (Å²) in [6, 6.07) is 13.3. The van der Waals surface area contributed by atoms with E-state index in [9.17, 15) is 5.11 Å². The van der Waals surface area contributed by atoms with Gasteiger partial charge in [-0.15, -0.1) is 10.2 Å². The summed E-state index contributed by atoms with van der Waals surface area (Å²) in [5.74, 6) is 0.982. The molecule has 2 aromatic carbocycles. The molecule has 27 heavy (non-hydrogen) atoms. The number of phenolic OH excluding ortho intramolecular Hbond substituents is 1. The fraction of sp³-hybridized carbons (Fsp3) is 0.211. The van der Waals surface area contributed by atoms with Crippen LogP contribution in [0.4, 0.5) is 0 Å². The minimum absolute atomic E-state index is 0.0745. The fourth-order valence-electron chi connectivity index (χ4n) is 2.49. The van der Waals surface area contributed by atoms with Gasteiger partial charge in [0.2, 0.25) is 5.16 Å². The van der Waals surface area contributed by atoms with Crippen LogP contribution in [0.3, 0.4) is 0 Å². The molecule has 0 radical (unpaired) electrons. The van der Waals surface area contributed by atoms with Gasteiger partial charge >= 0.3 is 0 Å². The Morgan fingerprint density at radius 2 is 2.04 bits per heavy atom. The Morgan fingerprint density at radius 3 is 2.74 bits per heavy atom. The SMILES string of the molecule is CCOc1cc(/C=N\n2c(Cc3ccccc3)nnc2SC)cc(Cl)c1O. The molecule has 0 atom stereocenters. The van der Waals surface area contributed by atoms with E-state index < -0.39 is 0 Å². The van der Waals surface area contributed by atoms with Gasteiger partial charge in [-0.1, -0.05) is 53.7 Å². The van der Waals surface area contributed by atoms with E-state index in [1.54, 1.807) is 23.0 Å². The molecule has 3 aromatic rings. The summed E-state index contributed by atoms with van der Waals surface area (Å²) in [5.41, 5.74) is 1.83. The average molecular weight is 403 g/mol. The fourth-order valence-corrected chi connectivity index (χ4v) is 3.15. The molecule has 0 fully saturated rings. The normalized spacial score (nSPS) is 11.2. The van der Waals surface area contributed by atoms with Crippen LogP contribution in [-0.4, -0.2) is 39.1 Å². The van der Waals surface area contributed by atoms with Crippen LogP contribution in [0.25, 0.3) is 0 Å². The Balaban J connectivity index is 1.92. The molecule has 0 aliphatic heterocycles. The van der Waals surface area contributed by atoms with Crippen LogP contribution in [0.1, 0.15) is 23.9 Å². The van der Waals surface area contributed by atoms with E-state index in [1.165, 1.54) is 11.8 Å². The van der Waals surface area contributed by atoms with Gasteiger partial charge in [0, 0.05) is 6.42 Å². The molecule has 6 nitrogen and oxygen atoms in total. The molecular weight excluding hydrogens is 384 g/mol. The predicted molar refractivity (Wildman–Crippen MR) is 108 cm³/mol. The second-order valence-electron chi connectivity index (χ2n) is 5.60. The van der Waals surface area contributed by atoms with E-state index in [0.29, 0.717) is 29.5 Å². The Morgan fingerprint density at radius 1 is 1.26 bits per heavy atom. The van der Waals surface area contributed by atoms with Crippen LogP contribution >= 0.6 is 23.4 Å². The average Bonchev–Trinajstić information content (AvgIpc) is 3.06. The smallest absolute Gasteiger partial charge is 0.211 e. The van der Waals surface area contributed by atoms with Crippen molar-refractivity contribution < 1.29 is 9.84 Å². The van der Waals surface area contributed by atoms with E-state index in [1.807, 2.05) is 43.5 Å². The lowest BCUT2D eigenvalue weighted by Gasteiger charge is -2.08. The summed E-state index contributed by atoms with van der Waals surface area (Å²) in [7, 11) is 0. The number of hydrogen-bond donors (Lipinski definition) is 1. The minimum Gasteiger partial charge on any atom is -0.503 e. The standard InChI is InChI=1S/C19H19ClN4O2S/c1-3-26-16-10-14(9-15(20)18(16)25)12-21-24-17(22-23-19(24)27-2)11-13-7-5-4-6-8-13/h4-10,12,25H,3,11H2,1-2H3/b21-12-. The van der Waals surface area contributed by atoms with E-state index in [-0.39, 0.29) is 10.8 Å². The molecule has 0 spiro atoms. The maximum Gasteiger partial charge on any atom is 0.211 e. The molecular formula is C19H19ClN4O2S. The highest BCUT2D eigenvalue weighted by molar-refractivity contribution is 7.98. The van der Waals surface area contributed by atoms with Crippen LogP contribution < -0.4 is 4.74 Å². The molecule has 1 N–H and O–H groups in total. The van der Waals surface area contributed by atoms with Crippen LogP contribution in [0.15, 0.2) is 52.7 Å². The Hall–Kier alpha value is -2.51. The zero-order valence-corrected chi connectivity index (χ0v) is 16.5. The number of hydrogen-bond acceptors (Lipinski definition) is 6. The van der Waals surface area contributed by atoms with E-state index >= 15 is 0 Å². The third-order valence-corrected chi connectivity index (χ3v) is 4.65. The van der Waals surface area contributed by atoms with Gasteiger partial charge in [0.15, 0.2) is 17.3 Å². The van der Waals surface area contributed by atoms with Gasteiger partial charge in [-0.05, 0) is 36.4 Å². The molecule has 0 unspecified atom stereocenters. The number of halogens is 1. The largest absolute Gasteiger partial charge is 0.503 e. The molecule has 1 heterocycles. The van der Waals surface area contributed by atoms with Crippen molar-refractivity contribution in [3.63, 3.8) is 0 Å². The van der Waals surface area contributed by atoms with E-state index in [2.05, 4.69) is 15.3 Å². The van der Waals surface area contributed by atoms with Crippen molar-refractivity contribution in [3.05, 3.63) is 64.4 Å². The number of nitrogens with zero attached hydrogens (tertiary/aromatic N) is 4. The van der Waals surface area contributed by atoms with Gasteiger partial charge in [-0.3, -0.25) is 0 Å². The van der Waals surface area contributed by atoms with E-state index in [4.69, 9.17) is 16.3 Å². The summed E-state index contributed by atoms with van der Waals surface area (Å²) >= 11 is 7.55. The molecule has 0 saturated carbocycles. The number of aromatic hydroxyl groups is 1.